The molecule has 1 aromatic carbocycles. The summed E-state index contributed by atoms with van der Waals surface area (Å²) in [4.78, 5) is 0. The third-order valence-corrected chi connectivity index (χ3v) is 4.16. The minimum Gasteiger partial charge on any atom is -0.435 e. The SMILES string of the molecule is CC(CO)(NC1CCCCC1)c1ccc(OC(F)F)cc1. The van der Waals surface area contributed by atoms with E-state index in [1.54, 1.807) is 12.1 Å². The number of nitrogens with one attached hydrogen (secondary N) is 1. The zero-order valence-corrected chi connectivity index (χ0v) is 12.3. The first-order chi connectivity index (χ1) is 10.0. The lowest BCUT2D eigenvalue weighted by Gasteiger charge is -2.36. The Morgan fingerprint density at radius 1 is 1.24 bits per heavy atom. The van der Waals surface area contributed by atoms with Crippen molar-refractivity contribution in [3.8, 4) is 5.75 Å². The molecule has 0 heterocycles. The molecule has 0 aromatic heterocycles. The number of aliphatic hydroxyl groups is 1. The van der Waals surface area contributed by atoms with Crippen LogP contribution in [0.4, 0.5) is 8.78 Å². The van der Waals surface area contributed by atoms with Crippen LogP contribution in [0.25, 0.3) is 0 Å². The molecule has 1 fully saturated rings. The maximum atomic E-state index is 12.2. The van der Waals surface area contributed by atoms with Crippen molar-refractivity contribution in [2.24, 2.45) is 0 Å². The van der Waals surface area contributed by atoms with Crippen molar-refractivity contribution in [3.63, 3.8) is 0 Å². The predicted molar refractivity (Wildman–Crippen MR) is 77.5 cm³/mol. The lowest BCUT2D eigenvalue weighted by molar-refractivity contribution is -0.0498. The van der Waals surface area contributed by atoms with Crippen LogP contribution in [0.1, 0.15) is 44.6 Å². The second-order valence-electron chi connectivity index (χ2n) is 5.87. The number of rotatable bonds is 6. The fourth-order valence-electron chi connectivity index (χ4n) is 2.92. The molecule has 1 aromatic rings. The fraction of sp³-hybridized carbons (Fsp3) is 0.625. The van der Waals surface area contributed by atoms with Crippen molar-refractivity contribution in [2.45, 2.75) is 57.2 Å². The van der Waals surface area contributed by atoms with Gasteiger partial charge in [-0.25, -0.2) is 0 Å². The van der Waals surface area contributed by atoms with Gasteiger partial charge in [-0.2, -0.15) is 8.78 Å². The van der Waals surface area contributed by atoms with E-state index >= 15 is 0 Å². The van der Waals surface area contributed by atoms with Crippen LogP contribution >= 0.6 is 0 Å². The molecule has 0 bridgehead atoms. The molecule has 0 radical (unpaired) electrons. The third-order valence-electron chi connectivity index (χ3n) is 4.16. The van der Waals surface area contributed by atoms with Crippen molar-refractivity contribution in [3.05, 3.63) is 29.8 Å². The van der Waals surface area contributed by atoms with Gasteiger partial charge in [0, 0.05) is 6.04 Å². The van der Waals surface area contributed by atoms with Gasteiger partial charge in [0.05, 0.1) is 12.1 Å². The predicted octanol–water partition coefficient (Wildman–Crippen LogP) is 3.42. The number of hydrogen-bond donors (Lipinski definition) is 2. The van der Waals surface area contributed by atoms with E-state index in [2.05, 4.69) is 10.1 Å². The van der Waals surface area contributed by atoms with Crippen LogP contribution in [0.15, 0.2) is 24.3 Å². The zero-order valence-electron chi connectivity index (χ0n) is 12.3. The molecule has 21 heavy (non-hydrogen) atoms. The van der Waals surface area contributed by atoms with Gasteiger partial charge in [0.2, 0.25) is 0 Å². The summed E-state index contributed by atoms with van der Waals surface area (Å²) in [6.07, 6.45) is 5.92. The van der Waals surface area contributed by atoms with Crippen LogP contribution in [0.3, 0.4) is 0 Å². The summed E-state index contributed by atoms with van der Waals surface area (Å²) in [6, 6.07) is 6.87. The van der Waals surface area contributed by atoms with Gasteiger partial charge >= 0.3 is 6.61 Å². The molecule has 118 valence electrons. The topological polar surface area (TPSA) is 41.5 Å². The molecular weight excluding hydrogens is 276 g/mol. The summed E-state index contributed by atoms with van der Waals surface area (Å²) in [5.74, 6) is 0.131. The van der Waals surface area contributed by atoms with Gasteiger partial charge in [-0.1, -0.05) is 31.4 Å². The normalized spacial score (nSPS) is 19.5. The van der Waals surface area contributed by atoms with Crippen LogP contribution in [0.2, 0.25) is 0 Å². The van der Waals surface area contributed by atoms with Crippen molar-refractivity contribution < 1.29 is 18.6 Å². The van der Waals surface area contributed by atoms with Crippen LogP contribution in [-0.2, 0) is 5.54 Å². The lowest BCUT2D eigenvalue weighted by Crippen LogP contribution is -2.49. The molecule has 1 aliphatic rings. The van der Waals surface area contributed by atoms with Crippen LogP contribution in [0.5, 0.6) is 5.75 Å². The van der Waals surface area contributed by atoms with E-state index in [1.807, 2.05) is 6.92 Å². The summed E-state index contributed by atoms with van der Waals surface area (Å²) < 4.78 is 28.7. The summed E-state index contributed by atoms with van der Waals surface area (Å²) >= 11 is 0. The van der Waals surface area contributed by atoms with Gasteiger partial charge in [-0.3, -0.25) is 0 Å². The first-order valence-corrected chi connectivity index (χ1v) is 7.47. The number of halogens is 2. The van der Waals surface area contributed by atoms with Crippen molar-refractivity contribution in [2.75, 3.05) is 6.61 Å². The van der Waals surface area contributed by atoms with Gasteiger partial charge in [0.15, 0.2) is 0 Å². The molecular formula is C16H23F2NO2. The molecule has 3 nitrogen and oxygen atoms in total. The van der Waals surface area contributed by atoms with Gasteiger partial charge in [-0.05, 0) is 37.5 Å². The highest BCUT2D eigenvalue weighted by Crippen LogP contribution is 2.27. The van der Waals surface area contributed by atoms with E-state index in [-0.39, 0.29) is 12.4 Å². The average Bonchev–Trinajstić information content (AvgIpc) is 2.48. The van der Waals surface area contributed by atoms with Gasteiger partial charge < -0.3 is 15.2 Å². The summed E-state index contributed by atoms with van der Waals surface area (Å²) in [5, 5.41) is 13.3. The van der Waals surface area contributed by atoms with Gasteiger partial charge in [-0.15, -0.1) is 0 Å². The van der Waals surface area contributed by atoms with Crippen LogP contribution in [-0.4, -0.2) is 24.4 Å². The monoisotopic (exact) mass is 299 g/mol. The summed E-state index contributed by atoms with van der Waals surface area (Å²) in [7, 11) is 0. The maximum absolute atomic E-state index is 12.2. The Morgan fingerprint density at radius 2 is 1.86 bits per heavy atom. The molecule has 5 heteroatoms. The molecule has 0 saturated heterocycles. The van der Waals surface area contributed by atoms with Crippen LogP contribution < -0.4 is 10.1 Å². The molecule has 1 saturated carbocycles. The minimum absolute atomic E-state index is 0.0431. The highest BCUT2D eigenvalue weighted by Gasteiger charge is 2.29. The van der Waals surface area contributed by atoms with Gasteiger partial charge in [0.1, 0.15) is 5.75 Å². The van der Waals surface area contributed by atoms with Crippen molar-refractivity contribution in [1.29, 1.82) is 0 Å². The first-order valence-electron chi connectivity index (χ1n) is 7.47. The van der Waals surface area contributed by atoms with E-state index in [9.17, 15) is 13.9 Å². The molecule has 0 spiro atoms. The molecule has 2 rings (SSSR count). The third kappa shape index (κ3) is 4.38. The smallest absolute Gasteiger partial charge is 0.387 e. The Labute approximate surface area is 124 Å². The number of ether oxygens (including phenoxy) is 1. The Hall–Kier alpha value is -1.20. The molecule has 0 amide bonds. The van der Waals surface area contributed by atoms with E-state index in [4.69, 9.17) is 0 Å². The number of hydrogen-bond acceptors (Lipinski definition) is 3. The minimum atomic E-state index is -2.82. The van der Waals surface area contributed by atoms with Gasteiger partial charge in [0.25, 0.3) is 0 Å². The second-order valence-corrected chi connectivity index (χ2v) is 5.87. The maximum Gasteiger partial charge on any atom is 0.387 e. The van der Waals surface area contributed by atoms with Crippen LogP contribution in [0, 0.1) is 0 Å². The van der Waals surface area contributed by atoms with Crippen molar-refractivity contribution in [1.82, 2.24) is 5.32 Å². The summed E-state index contributed by atoms with van der Waals surface area (Å²) in [6.45, 7) is -0.927. The Kier molecular flexibility index (Phi) is 5.53. The van der Waals surface area contributed by atoms with E-state index in [0.29, 0.717) is 6.04 Å². The standard InChI is InChI=1S/C16H23F2NO2/c1-16(11-20,19-13-5-3-2-4-6-13)12-7-9-14(10-8-12)21-15(17)18/h7-10,13,15,19-20H,2-6,11H2,1H3. The largest absolute Gasteiger partial charge is 0.435 e. The number of benzene rings is 1. The van der Waals surface area contributed by atoms with E-state index in [1.165, 1.54) is 31.4 Å². The zero-order chi connectivity index (χ0) is 15.3. The highest BCUT2D eigenvalue weighted by molar-refractivity contribution is 5.32. The lowest BCUT2D eigenvalue weighted by atomic mass is 9.88. The number of alkyl halides is 2. The molecule has 0 aliphatic heterocycles. The Balaban J connectivity index is 2.07. The Morgan fingerprint density at radius 3 is 2.38 bits per heavy atom. The fourth-order valence-corrected chi connectivity index (χ4v) is 2.92. The van der Waals surface area contributed by atoms with E-state index in [0.717, 1.165) is 18.4 Å². The molecule has 1 aliphatic carbocycles. The van der Waals surface area contributed by atoms with E-state index < -0.39 is 12.2 Å². The Bertz CT molecular complexity index is 432. The first kappa shape index (κ1) is 16.2. The van der Waals surface area contributed by atoms with Crippen molar-refractivity contribution >= 4 is 0 Å². The molecule has 1 atom stereocenters. The quantitative estimate of drug-likeness (QED) is 0.845. The molecule has 2 N–H and O–H groups in total. The summed E-state index contributed by atoms with van der Waals surface area (Å²) in [5.41, 5.74) is 0.308. The number of aliphatic hydroxyl groups excluding tert-OH is 1. The highest BCUT2D eigenvalue weighted by atomic mass is 19.3. The molecule has 1 unspecified atom stereocenters. The second kappa shape index (κ2) is 7.18. The average molecular weight is 299 g/mol.